The van der Waals surface area contributed by atoms with E-state index in [1.54, 1.807) is 11.3 Å². The van der Waals surface area contributed by atoms with Gasteiger partial charge in [-0.1, -0.05) is 43.3 Å². The number of nitrogens with zero attached hydrogens (tertiary/aromatic N) is 2. The second-order valence-corrected chi connectivity index (χ2v) is 4.96. The molecule has 0 bridgehead atoms. The van der Waals surface area contributed by atoms with Crippen molar-refractivity contribution < 1.29 is 5.21 Å². The van der Waals surface area contributed by atoms with E-state index < -0.39 is 0 Å². The Balaban J connectivity index is 2.26. The maximum Gasteiger partial charge on any atom is 0.124 e. The van der Waals surface area contributed by atoms with Crippen LogP contribution in [0.1, 0.15) is 31.0 Å². The van der Waals surface area contributed by atoms with Gasteiger partial charge < -0.3 is 5.21 Å². The third kappa shape index (κ3) is 2.71. The standard InChI is InChI=1S/C13H14N2OS/c1-9(2)10-3-5-11(6-4-10)13-15-12(7-14-16)8-17-13/h3-9,16H,1-2H3. The molecule has 1 aromatic carbocycles. The first-order valence-electron chi connectivity index (χ1n) is 5.44. The fourth-order valence-electron chi connectivity index (χ4n) is 1.55. The van der Waals surface area contributed by atoms with E-state index in [9.17, 15) is 0 Å². The molecule has 2 rings (SSSR count). The van der Waals surface area contributed by atoms with Crippen LogP contribution in [0.2, 0.25) is 0 Å². The molecule has 3 nitrogen and oxygen atoms in total. The minimum Gasteiger partial charge on any atom is -0.411 e. The lowest BCUT2D eigenvalue weighted by molar-refractivity contribution is 0.321. The molecule has 1 aromatic heterocycles. The summed E-state index contributed by atoms with van der Waals surface area (Å²) in [4.78, 5) is 4.35. The molecule has 17 heavy (non-hydrogen) atoms. The smallest absolute Gasteiger partial charge is 0.124 e. The second-order valence-electron chi connectivity index (χ2n) is 4.10. The number of oxime groups is 1. The molecular formula is C13H14N2OS. The van der Waals surface area contributed by atoms with Gasteiger partial charge in [-0.15, -0.1) is 11.3 Å². The van der Waals surface area contributed by atoms with Crippen LogP contribution < -0.4 is 0 Å². The summed E-state index contributed by atoms with van der Waals surface area (Å²) in [6.45, 7) is 4.35. The number of thiazole rings is 1. The summed E-state index contributed by atoms with van der Waals surface area (Å²) in [6.07, 6.45) is 1.34. The predicted molar refractivity (Wildman–Crippen MR) is 71.0 cm³/mol. The zero-order valence-electron chi connectivity index (χ0n) is 9.79. The van der Waals surface area contributed by atoms with Gasteiger partial charge in [0, 0.05) is 10.9 Å². The highest BCUT2D eigenvalue weighted by Crippen LogP contribution is 2.25. The van der Waals surface area contributed by atoms with Gasteiger partial charge in [-0.2, -0.15) is 0 Å². The van der Waals surface area contributed by atoms with E-state index in [0.717, 1.165) is 10.6 Å². The Labute approximate surface area is 104 Å². The molecule has 0 unspecified atom stereocenters. The summed E-state index contributed by atoms with van der Waals surface area (Å²) in [5.74, 6) is 0.539. The average Bonchev–Trinajstić information content (AvgIpc) is 2.78. The summed E-state index contributed by atoms with van der Waals surface area (Å²) in [7, 11) is 0. The number of hydrogen-bond donors (Lipinski definition) is 1. The highest BCUT2D eigenvalue weighted by molar-refractivity contribution is 7.13. The topological polar surface area (TPSA) is 45.5 Å². The van der Waals surface area contributed by atoms with Crippen LogP contribution >= 0.6 is 11.3 Å². The van der Waals surface area contributed by atoms with Gasteiger partial charge in [0.05, 0.1) is 11.9 Å². The quantitative estimate of drug-likeness (QED) is 0.509. The summed E-state index contributed by atoms with van der Waals surface area (Å²) in [5.41, 5.74) is 3.10. The lowest BCUT2D eigenvalue weighted by Crippen LogP contribution is -1.87. The molecule has 1 heterocycles. The summed E-state index contributed by atoms with van der Waals surface area (Å²) in [5, 5.41) is 14.2. The lowest BCUT2D eigenvalue weighted by atomic mass is 10.0. The predicted octanol–water partition coefficient (Wildman–Crippen LogP) is 3.74. The zero-order valence-corrected chi connectivity index (χ0v) is 10.6. The van der Waals surface area contributed by atoms with Gasteiger partial charge in [0.15, 0.2) is 0 Å². The largest absolute Gasteiger partial charge is 0.411 e. The molecule has 0 aliphatic heterocycles. The van der Waals surface area contributed by atoms with Crippen molar-refractivity contribution in [1.29, 1.82) is 0 Å². The Hall–Kier alpha value is -1.68. The SMILES string of the molecule is CC(C)c1ccc(-c2nc(C=NO)cs2)cc1. The van der Waals surface area contributed by atoms with E-state index in [2.05, 4.69) is 48.3 Å². The molecule has 4 heteroatoms. The van der Waals surface area contributed by atoms with Crippen molar-refractivity contribution in [2.45, 2.75) is 19.8 Å². The minimum absolute atomic E-state index is 0.539. The first kappa shape index (κ1) is 11.8. The molecule has 0 amide bonds. The van der Waals surface area contributed by atoms with Crippen molar-refractivity contribution in [3.05, 3.63) is 40.9 Å². The molecule has 0 saturated carbocycles. The number of benzene rings is 1. The Morgan fingerprint density at radius 2 is 2.00 bits per heavy atom. The van der Waals surface area contributed by atoms with Crippen molar-refractivity contribution in [1.82, 2.24) is 4.98 Å². The monoisotopic (exact) mass is 246 g/mol. The van der Waals surface area contributed by atoms with Gasteiger partial charge in [-0.25, -0.2) is 4.98 Å². The average molecular weight is 246 g/mol. The highest BCUT2D eigenvalue weighted by atomic mass is 32.1. The Morgan fingerprint density at radius 1 is 1.29 bits per heavy atom. The fraction of sp³-hybridized carbons (Fsp3) is 0.231. The fourth-order valence-corrected chi connectivity index (χ4v) is 2.32. The Bertz CT molecular complexity index is 514. The van der Waals surface area contributed by atoms with E-state index in [1.165, 1.54) is 11.8 Å². The Morgan fingerprint density at radius 3 is 2.59 bits per heavy atom. The molecule has 0 radical (unpaired) electrons. The summed E-state index contributed by atoms with van der Waals surface area (Å²) in [6, 6.07) is 8.41. The van der Waals surface area contributed by atoms with Gasteiger partial charge in [0.25, 0.3) is 0 Å². The van der Waals surface area contributed by atoms with Crippen LogP contribution in [0, 0.1) is 0 Å². The van der Waals surface area contributed by atoms with Crippen LogP contribution in [-0.2, 0) is 0 Å². The molecule has 2 aromatic rings. The summed E-state index contributed by atoms with van der Waals surface area (Å²) < 4.78 is 0. The van der Waals surface area contributed by atoms with Crippen LogP contribution in [0.4, 0.5) is 0 Å². The van der Waals surface area contributed by atoms with Crippen LogP contribution in [0.15, 0.2) is 34.8 Å². The number of aromatic nitrogens is 1. The van der Waals surface area contributed by atoms with E-state index in [1.807, 2.05) is 5.38 Å². The molecule has 0 fully saturated rings. The van der Waals surface area contributed by atoms with E-state index in [0.29, 0.717) is 11.6 Å². The summed E-state index contributed by atoms with van der Waals surface area (Å²) >= 11 is 1.54. The first-order valence-corrected chi connectivity index (χ1v) is 6.32. The molecular weight excluding hydrogens is 232 g/mol. The molecule has 0 spiro atoms. The molecule has 0 aliphatic rings. The molecule has 0 aliphatic carbocycles. The number of rotatable bonds is 3. The van der Waals surface area contributed by atoms with E-state index >= 15 is 0 Å². The first-order chi connectivity index (χ1) is 8.20. The van der Waals surface area contributed by atoms with Gasteiger partial charge in [0.2, 0.25) is 0 Å². The zero-order chi connectivity index (χ0) is 12.3. The van der Waals surface area contributed by atoms with Gasteiger partial charge in [0.1, 0.15) is 5.01 Å². The molecule has 88 valence electrons. The van der Waals surface area contributed by atoms with Crippen molar-refractivity contribution in [2.75, 3.05) is 0 Å². The van der Waals surface area contributed by atoms with E-state index in [-0.39, 0.29) is 0 Å². The van der Waals surface area contributed by atoms with Crippen LogP contribution in [0.5, 0.6) is 0 Å². The molecule has 0 saturated heterocycles. The third-order valence-corrected chi connectivity index (χ3v) is 3.45. The Kier molecular flexibility index (Phi) is 3.54. The maximum absolute atomic E-state index is 8.43. The minimum atomic E-state index is 0.539. The normalized spacial score (nSPS) is 11.5. The van der Waals surface area contributed by atoms with Crippen molar-refractivity contribution >= 4 is 17.6 Å². The third-order valence-electron chi connectivity index (χ3n) is 2.54. The number of hydrogen-bond acceptors (Lipinski definition) is 4. The van der Waals surface area contributed by atoms with Crippen molar-refractivity contribution in [2.24, 2.45) is 5.16 Å². The maximum atomic E-state index is 8.43. The second kappa shape index (κ2) is 5.10. The van der Waals surface area contributed by atoms with Crippen LogP contribution in [0.25, 0.3) is 10.6 Å². The van der Waals surface area contributed by atoms with Crippen molar-refractivity contribution in [3.63, 3.8) is 0 Å². The van der Waals surface area contributed by atoms with E-state index in [4.69, 9.17) is 5.21 Å². The van der Waals surface area contributed by atoms with Gasteiger partial charge >= 0.3 is 0 Å². The highest BCUT2D eigenvalue weighted by Gasteiger charge is 2.04. The van der Waals surface area contributed by atoms with Gasteiger partial charge in [-0.3, -0.25) is 0 Å². The lowest BCUT2D eigenvalue weighted by Gasteiger charge is -2.05. The molecule has 1 N–H and O–H groups in total. The van der Waals surface area contributed by atoms with Crippen LogP contribution in [0.3, 0.4) is 0 Å². The van der Waals surface area contributed by atoms with Gasteiger partial charge in [-0.05, 0) is 11.5 Å². The van der Waals surface area contributed by atoms with Crippen molar-refractivity contribution in [3.8, 4) is 10.6 Å². The molecule has 0 atom stereocenters. The van der Waals surface area contributed by atoms with Crippen LogP contribution in [-0.4, -0.2) is 16.4 Å².